The summed E-state index contributed by atoms with van der Waals surface area (Å²) in [7, 11) is -3.71. The second kappa shape index (κ2) is 7.21. The van der Waals surface area contributed by atoms with Crippen molar-refractivity contribution in [1.82, 2.24) is 9.62 Å². The minimum absolute atomic E-state index is 0.175. The van der Waals surface area contributed by atoms with Crippen LogP contribution in [0.25, 0.3) is 0 Å². The molecule has 7 heteroatoms. The first-order valence-corrected chi connectivity index (χ1v) is 9.72. The Balaban J connectivity index is 2.37. The molecule has 0 spiro atoms. The van der Waals surface area contributed by atoms with Gasteiger partial charge in [-0.25, -0.2) is 8.42 Å². The molecular weight excluding hydrogens is 326 g/mol. The molecule has 0 aromatic heterocycles. The fourth-order valence-electron chi connectivity index (χ4n) is 3.38. The molecule has 134 valence electrons. The number of rotatable bonds is 5. The smallest absolute Gasteiger partial charge is 0.244 e. The number of hydrogen-bond acceptors (Lipinski definition) is 4. The monoisotopic (exact) mass is 353 g/mol. The largest absolute Gasteiger partial charge is 0.351 e. The third-order valence-electron chi connectivity index (χ3n) is 4.42. The first-order chi connectivity index (χ1) is 11.2. The van der Waals surface area contributed by atoms with Gasteiger partial charge in [0, 0.05) is 19.1 Å². The van der Waals surface area contributed by atoms with Gasteiger partial charge >= 0.3 is 0 Å². The molecule has 1 amide bonds. The van der Waals surface area contributed by atoms with Gasteiger partial charge in [0.25, 0.3) is 0 Å². The first-order valence-electron chi connectivity index (χ1n) is 8.28. The van der Waals surface area contributed by atoms with Gasteiger partial charge in [0.2, 0.25) is 15.9 Å². The quantitative estimate of drug-likeness (QED) is 0.833. The maximum Gasteiger partial charge on any atom is 0.244 e. The predicted molar refractivity (Wildman–Crippen MR) is 94.2 cm³/mol. The van der Waals surface area contributed by atoms with Crippen molar-refractivity contribution in [2.24, 2.45) is 5.73 Å². The van der Waals surface area contributed by atoms with Gasteiger partial charge in [-0.05, 0) is 51.7 Å². The highest BCUT2D eigenvalue weighted by Gasteiger charge is 2.40. The molecule has 0 radical (unpaired) electrons. The average Bonchev–Trinajstić information content (AvgIpc) is 2.95. The van der Waals surface area contributed by atoms with Crippen LogP contribution in [0, 0.1) is 20.8 Å². The second-order valence-electron chi connectivity index (χ2n) is 6.65. The summed E-state index contributed by atoms with van der Waals surface area (Å²) in [6, 6.07) is 2.89. The Bertz CT molecular complexity index is 708. The summed E-state index contributed by atoms with van der Waals surface area (Å²) in [5.74, 6) is -0.267. The Morgan fingerprint density at radius 2 is 1.92 bits per heavy atom. The molecule has 1 heterocycles. The molecule has 0 bridgehead atoms. The van der Waals surface area contributed by atoms with E-state index in [9.17, 15) is 13.2 Å². The van der Waals surface area contributed by atoms with E-state index in [2.05, 4.69) is 5.32 Å². The fourth-order valence-corrected chi connectivity index (χ4v) is 5.45. The second-order valence-corrected chi connectivity index (χ2v) is 8.47. The van der Waals surface area contributed by atoms with E-state index in [1.165, 1.54) is 4.31 Å². The molecule has 2 atom stereocenters. The number of nitrogens with one attached hydrogen (secondary N) is 1. The highest BCUT2D eigenvalue weighted by Crippen LogP contribution is 2.30. The van der Waals surface area contributed by atoms with E-state index in [1.54, 1.807) is 20.8 Å². The van der Waals surface area contributed by atoms with Crippen LogP contribution in [0.2, 0.25) is 0 Å². The standard InChI is InChI=1S/C17H27N3O3S/c1-11-8-12(2)16(13(3)9-11)24(22,23)20-7-5-6-15(20)17(21)19-14(4)10-18/h8-9,14-15H,5-7,10,18H2,1-4H3,(H,19,21)/t14-,15?/m0/s1. The normalized spacial score (nSPS) is 20.1. The average molecular weight is 353 g/mol. The van der Waals surface area contributed by atoms with E-state index in [1.807, 2.05) is 19.1 Å². The summed E-state index contributed by atoms with van der Waals surface area (Å²) in [6.45, 7) is 8.03. The fraction of sp³-hybridized carbons (Fsp3) is 0.588. The van der Waals surface area contributed by atoms with E-state index in [4.69, 9.17) is 5.73 Å². The van der Waals surface area contributed by atoms with Crippen LogP contribution in [0.5, 0.6) is 0 Å². The summed E-state index contributed by atoms with van der Waals surface area (Å²) >= 11 is 0. The number of hydrogen-bond donors (Lipinski definition) is 2. The molecule has 1 fully saturated rings. The molecule has 1 aromatic rings. The van der Waals surface area contributed by atoms with Crippen LogP contribution < -0.4 is 11.1 Å². The van der Waals surface area contributed by atoms with Crippen LogP contribution in [-0.4, -0.2) is 43.8 Å². The molecule has 24 heavy (non-hydrogen) atoms. The topological polar surface area (TPSA) is 92.5 Å². The molecule has 0 aliphatic carbocycles. The van der Waals surface area contributed by atoms with Crippen molar-refractivity contribution in [2.75, 3.05) is 13.1 Å². The highest BCUT2D eigenvalue weighted by atomic mass is 32.2. The Hall–Kier alpha value is -1.44. The van der Waals surface area contributed by atoms with E-state index in [-0.39, 0.29) is 11.9 Å². The van der Waals surface area contributed by atoms with Gasteiger partial charge in [-0.1, -0.05) is 17.7 Å². The molecule has 2 rings (SSSR count). The molecule has 1 unspecified atom stereocenters. The minimum atomic E-state index is -3.71. The van der Waals surface area contributed by atoms with Crippen molar-refractivity contribution < 1.29 is 13.2 Å². The van der Waals surface area contributed by atoms with Gasteiger partial charge in [0.1, 0.15) is 6.04 Å². The number of aryl methyl sites for hydroxylation is 3. The first kappa shape index (κ1) is 18.9. The van der Waals surface area contributed by atoms with Gasteiger partial charge in [-0.15, -0.1) is 0 Å². The number of nitrogens with two attached hydrogens (primary N) is 1. The third-order valence-corrected chi connectivity index (χ3v) is 6.63. The zero-order valence-corrected chi connectivity index (χ0v) is 15.6. The lowest BCUT2D eigenvalue weighted by Gasteiger charge is -2.26. The number of carbonyl (C=O) groups excluding carboxylic acids is 1. The zero-order valence-electron chi connectivity index (χ0n) is 14.8. The van der Waals surface area contributed by atoms with Crippen LogP contribution >= 0.6 is 0 Å². The third kappa shape index (κ3) is 3.63. The maximum atomic E-state index is 13.2. The summed E-state index contributed by atoms with van der Waals surface area (Å²) in [4.78, 5) is 12.8. The van der Waals surface area contributed by atoms with E-state index >= 15 is 0 Å². The Kier molecular flexibility index (Phi) is 5.67. The minimum Gasteiger partial charge on any atom is -0.351 e. The Morgan fingerprint density at radius 3 is 2.46 bits per heavy atom. The lowest BCUT2D eigenvalue weighted by molar-refractivity contribution is -0.124. The number of sulfonamides is 1. The molecule has 0 saturated carbocycles. The molecule has 1 saturated heterocycles. The van der Waals surface area contributed by atoms with Gasteiger partial charge < -0.3 is 11.1 Å². The van der Waals surface area contributed by atoms with Crippen molar-refractivity contribution in [3.05, 3.63) is 28.8 Å². The van der Waals surface area contributed by atoms with Crippen molar-refractivity contribution in [3.63, 3.8) is 0 Å². The van der Waals surface area contributed by atoms with Crippen LogP contribution in [0.1, 0.15) is 36.5 Å². The zero-order chi connectivity index (χ0) is 18.1. The highest BCUT2D eigenvalue weighted by molar-refractivity contribution is 7.89. The van der Waals surface area contributed by atoms with Crippen LogP contribution in [0.3, 0.4) is 0 Å². The van der Waals surface area contributed by atoms with Crippen molar-refractivity contribution in [1.29, 1.82) is 0 Å². The van der Waals surface area contributed by atoms with E-state index < -0.39 is 16.1 Å². The van der Waals surface area contributed by atoms with E-state index in [0.717, 1.165) is 5.56 Å². The summed E-state index contributed by atoms with van der Waals surface area (Å²) < 4.78 is 27.7. The molecule has 3 N–H and O–H groups in total. The predicted octanol–water partition coefficient (Wildman–Crippen LogP) is 1.23. The molecule has 1 aliphatic rings. The van der Waals surface area contributed by atoms with Crippen LogP contribution in [-0.2, 0) is 14.8 Å². The SMILES string of the molecule is Cc1cc(C)c(S(=O)(=O)N2CCCC2C(=O)N[C@@H](C)CN)c(C)c1. The number of amides is 1. The van der Waals surface area contributed by atoms with Crippen molar-refractivity contribution >= 4 is 15.9 Å². The van der Waals surface area contributed by atoms with Crippen LogP contribution in [0.15, 0.2) is 17.0 Å². The Labute approximate surface area is 144 Å². The molecule has 6 nitrogen and oxygen atoms in total. The molecular formula is C17H27N3O3S. The number of carbonyl (C=O) groups is 1. The summed E-state index contributed by atoms with van der Waals surface area (Å²) in [6.07, 6.45) is 1.21. The van der Waals surface area contributed by atoms with Gasteiger partial charge in [0.05, 0.1) is 4.90 Å². The van der Waals surface area contributed by atoms with Gasteiger partial charge in [-0.2, -0.15) is 4.31 Å². The number of nitrogens with zero attached hydrogens (tertiary/aromatic N) is 1. The van der Waals surface area contributed by atoms with Crippen molar-refractivity contribution in [3.8, 4) is 0 Å². The Morgan fingerprint density at radius 1 is 1.33 bits per heavy atom. The molecule has 1 aliphatic heterocycles. The molecule has 1 aromatic carbocycles. The lowest BCUT2D eigenvalue weighted by Crippen LogP contribution is -2.49. The summed E-state index contributed by atoms with van der Waals surface area (Å²) in [5.41, 5.74) is 8.00. The van der Waals surface area contributed by atoms with Gasteiger partial charge in [-0.3, -0.25) is 4.79 Å². The maximum absolute atomic E-state index is 13.2. The van der Waals surface area contributed by atoms with E-state index in [0.29, 0.717) is 42.0 Å². The number of benzene rings is 1. The van der Waals surface area contributed by atoms with Crippen LogP contribution in [0.4, 0.5) is 0 Å². The lowest BCUT2D eigenvalue weighted by atomic mass is 10.1. The van der Waals surface area contributed by atoms with Gasteiger partial charge in [0.15, 0.2) is 0 Å². The summed E-state index contributed by atoms with van der Waals surface area (Å²) in [5, 5.41) is 2.79. The van der Waals surface area contributed by atoms with Crippen molar-refractivity contribution in [2.45, 2.75) is 57.5 Å².